The van der Waals surface area contributed by atoms with Gasteiger partial charge in [-0.05, 0) is 142 Å². The van der Waals surface area contributed by atoms with E-state index < -0.39 is 30.7 Å². The number of unbranched alkanes of at least 4 members (excludes halogenated alkanes) is 11. The van der Waals surface area contributed by atoms with E-state index in [4.69, 9.17) is 14.2 Å². The highest BCUT2D eigenvalue weighted by molar-refractivity contribution is 5.69. The predicted octanol–water partition coefficient (Wildman–Crippen LogP) is 12.4. The molecule has 0 amide bonds. The molecule has 0 aromatic carbocycles. The molecule has 1 aliphatic heterocycles. The fourth-order valence-electron chi connectivity index (χ4n) is 13.3. The minimum absolute atomic E-state index is 0.143. The maximum atomic E-state index is 12.6. The standard InChI is InChI=1S/C53H92O7/c1-8-10-11-12-13-14-15-16-17-18-19-20-21-22-23-24-47(54)58-36-46-48(55)49(56)50(57)51(60-46)59-41-31-33-52(6)40(35-41)27-28-42-44-30-29-43(53(44,7)34-32-45(42)52)38(5)25-26-39(9-2)37(3)4/h16-17,27,37-39,41-46,48-51,55-57H,8-15,18-26,28-36H2,1-7H3/b17-16-/t38-,39-,41+,42+,43-,44?,45?,46-,48-,49+,50-,51-,52+,53-/m1/s1. The summed E-state index contributed by atoms with van der Waals surface area (Å²) < 4.78 is 18.0. The molecular weight excluding hydrogens is 749 g/mol. The maximum Gasteiger partial charge on any atom is 0.305 e. The van der Waals surface area contributed by atoms with Crippen LogP contribution in [0.15, 0.2) is 23.8 Å². The van der Waals surface area contributed by atoms with E-state index in [1.54, 1.807) is 0 Å². The number of carbonyl (C=O) groups excluding carboxylic acids is 1. The lowest BCUT2D eigenvalue weighted by atomic mass is 9.47. The van der Waals surface area contributed by atoms with Crippen LogP contribution in [0.5, 0.6) is 0 Å². The zero-order valence-electron chi connectivity index (χ0n) is 39.6. The molecule has 0 radical (unpaired) electrons. The van der Waals surface area contributed by atoms with E-state index in [-0.39, 0.29) is 24.1 Å². The number of allylic oxidation sites excluding steroid dienone is 3. The van der Waals surface area contributed by atoms with Gasteiger partial charge in [-0.15, -0.1) is 0 Å². The first-order valence-electron chi connectivity index (χ1n) is 25.7. The number of aliphatic hydroxyl groups is 3. The van der Waals surface area contributed by atoms with Gasteiger partial charge in [0.2, 0.25) is 0 Å². The summed E-state index contributed by atoms with van der Waals surface area (Å²) in [5.41, 5.74) is 2.12. The fraction of sp³-hybridized carbons (Fsp3) is 0.906. The summed E-state index contributed by atoms with van der Waals surface area (Å²) in [6, 6.07) is 0. The van der Waals surface area contributed by atoms with Crippen LogP contribution in [-0.4, -0.2) is 64.7 Å². The van der Waals surface area contributed by atoms with Crippen LogP contribution in [0.2, 0.25) is 0 Å². The Balaban J connectivity index is 1.02. The summed E-state index contributed by atoms with van der Waals surface area (Å²) in [5, 5.41) is 32.5. The molecule has 7 heteroatoms. The molecule has 0 aromatic rings. The van der Waals surface area contributed by atoms with Gasteiger partial charge in [0.15, 0.2) is 6.29 Å². The summed E-state index contributed by atoms with van der Waals surface area (Å²) in [4.78, 5) is 12.6. The molecule has 14 atom stereocenters. The Bertz CT molecular complexity index is 1330. The van der Waals surface area contributed by atoms with E-state index in [9.17, 15) is 20.1 Å². The van der Waals surface area contributed by atoms with Gasteiger partial charge in [-0.3, -0.25) is 4.79 Å². The van der Waals surface area contributed by atoms with E-state index in [0.717, 1.165) is 93.3 Å². The summed E-state index contributed by atoms with van der Waals surface area (Å²) in [6.07, 6.45) is 30.1. The first-order chi connectivity index (χ1) is 28.8. The molecule has 3 N–H and O–H groups in total. The normalized spacial score (nSPS) is 36.4. The fourth-order valence-corrected chi connectivity index (χ4v) is 13.3. The Morgan fingerprint density at radius 3 is 2.18 bits per heavy atom. The van der Waals surface area contributed by atoms with E-state index in [2.05, 4.69) is 66.7 Å². The third-order valence-corrected chi connectivity index (χ3v) is 17.3. The summed E-state index contributed by atoms with van der Waals surface area (Å²) >= 11 is 0. The number of hydrogen-bond acceptors (Lipinski definition) is 7. The van der Waals surface area contributed by atoms with Crippen LogP contribution in [0.25, 0.3) is 0 Å². The Morgan fingerprint density at radius 2 is 1.50 bits per heavy atom. The molecular formula is C53H92O7. The number of rotatable bonds is 25. The van der Waals surface area contributed by atoms with Crippen molar-refractivity contribution in [2.45, 2.75) is 246 Å². The second-order valence-corrected chi connectivity index (χ2v) is 21.5. The van der Waals surface area contributed by atoms with Crippen LogP contribution in [0, 0.1) is 52.3 Å². The lowest BCUT2D eigenvalue weighted by molar-refractivity contribution is -0.313. The lowest BCUT2D eigenvalue weighted by Gasteiger charge is -2.58. The van der Waals surface area contributed by atoms with Crippen molar-refractivity contribution in [3.8, 4) is 0 Å². The van der Waals surface area contributed by atoms with Gasteiger partial charge in [-0.2, -0.15) is 0 Å². The molecule has 5 aliphatic rings. The van der Waals surface area contributed by atoms with Crippen LogP contribution < -0.4 is 0 Å². The summed E-state index contributed by atoms with van der Waals surface area (Å²) in [5.74, 6) is 5.21. The van der Waals surface area contributed by atoms with E-state index >= 15 is 0 Å². The molecule has 4 fully saturated rings. The van der Waals surface area contributed by atoms with Crippen molar-refractivity contribution in [3.63, 3.8) is 0 Å². The monoisotopic (exact) mass is 841 g/mol. The second kappa shape index (κ2) is 24.2. The van der Waals surface area contributed by atoms with Crippen molar-refractivity contribution >= 4 is 5.97 Å². The Morgan fingerprint density at radius 1 is 0.817 bits per heavy atom. The lowest BCUT2D eigenvalue weighted by Crippen LogP contribution is -2.60. The smallest absolute Gasteiger partial charge is 0.305 e. The van der Waals surface area contributed by atoms with Crippen LogP contribution in [0.1, 0.15) is 209 Å². The SMILES string of the molecule is CCCCCCCC/C=C\CCCCCCCC(=O)OC[C@H]1O[C@@H](O[C@H]2CC[C@@]3(C)C(=CC[C@@H]4C3CC[C@@]3(C)C4CC[C@@H]3[C@H](C)CC[C@@H](CC)C(C)C)C2)[C@H](O)[C@@H](O)[C@@H]1O. The predicted molar refractivity (Wildman–Crippen MR) is 244 cm³/mol. The molecule has 60 heavy (non-hydrogen) atoms. The number of aliphatic hydroxyl groups excluding tert-OH is 3. The van der Waals surface area contributed by atoms with Crippen LogP contribution in [0.3, 0.4) is 0 Å². The zero-order chi connectivity index (χ0) is 43.3. The first-order valence-corrected chi connectivity index (χ1v) is 25.7. The van der Waals surface area contributed by atoms with Crippen molar-refractivity contribution in [1.82, 2.24) is 0 Å². The van der Waals surface area contributed by atoms with Gasteiger partial charge >= 0.3 is 5.97 Å². The third-order valence-electron chi connectivity index (χ3n) is 17.3. The minimum Gasteiger partial charge on any atom is -0.463 e. The van der Waals surface area contributed by atoms with Crippen LogP contribution >= 0.6 is 0 Å². The van der Waals surface area contributed by atoms with Gasteiger partial charge < -0.3 is 29.5 Å². The highest BCUT2D eigenvalue weighted by atomic mass is 16.7. The number of hydrogen-bond donors (Lipinski definition) is 3. The van der Waals surface area contributed by atoms with Crippen molar-refractivity contribution in [3.05, 3.63) is 23.8 Å². The Kier molecular flexibility index (Phi) is 20.0. The highest BCUT2D eigenvalue weighted by Gasteiger charge is 2.59. The zero-order valence-corrected chi connectivity index (χ0v) is 39.6. The van der Waals surface area contributed by atoms with E-state index in [1.165, 1.54) is 102 Å². The molecule has 346 valence electrons. The molecule has 4 aliphatic carbocycles. The quantitative estimate of drug-likeness (QED) is 0.0477. The molecule has 1 saturated heterocycles. The second-order valence-electron chi connectivity index (χ2n) is 21.5. The van der Waals surface area contributed by atoms with Gasteiger partial charge in [-0.1, -0.05) is 136 Å². The van der Waals surface area contributed by atoms with Gasteiger partial charge in [-0.25, -0.2) is 0 Å². The van der Waals surface area contributed by atoms with Gasteiger partial charge in [0.25, 0.3) is 0 Å². The molecule has 5 rings (SSSR count). The molecule has 0 bridgehead atoms. The van der Waals surface area contributed by atoms with Gasteiger partial charge in [0.1, 0.15) is 31.0 Å². The first kappa shape index (κ1) is 49.8. The van der Waals surface area contributed by atoms with Gasteiger partial charge in [0, 0.05) is 6.42 Å². The van der Waals surface area contributed by atoms with Crippen molar-refractivity contribution < 1.29 is 34.3 Å². The average Bonchev–Trinajstić information content (AvgIpc) is 3.59. The minimum atomic E-state index is -1.45. The molecule has 7 nitrogen and oxygen atoms in total. The van der Waals surface area contributed by atoms with Gasteiger partial charge in [0.05, 0.1) is 6.10 Å². The van der Waals surface area contributed by atoms with E-state index in [1.807, 2.05) is 0 Å². The Hall–Kier alpha value is -1.25. The summed E-state index contributed by atoms with van der Waals surface area (Å²) in [7, 11) is 0. The summed E-state index contributed by atoms with van der Waals surface area (Å²) in [6.45, 7) is 17.0. The number of ether oxygens (including phenoxy) is 3. The van der Waals surface area contributed by atoms with Crippen molar-refractivity contribution in [1.29, 1.82) is 0 Å². The topological polar surface area (TPSA) is 105 Å². The third kappa shape index (κ3) is 12.7. The largest absolute Gasteiger partial charge is 0.463 e. The van der Waals surface area contributed by atoms with Crippen molar-refractivity contribution in [2.75, 3.05) is 6.61 Å². The van der Waals surface area contributed by atoms with E-state index in [0.29, 0.717) is 17.8 Å². The Labute approximate surface area is 367 Å². The average molecular weight is 841 g/mol. The maximum absolute atomic E-state index is 12.6. The molecule has 3 saturated carbocycles. The highest BCUT2D eigenvalue weighted by Crippen LogP contribution is 2.67. The number of esters is 1. The van der Waals surface area contributed by atoms with Crippen LogP contribution in [-0.2, 0) is 19.0 Å². The number of fused-ring (bicyclic) bond motifs is 5. The molecule has 1 heterocycles. The molecule has 0 aromatic heterocycles. The number of carbonyl (C=O) groups is 1. The molecule has 0 spiro atoms. The van der Waals surface area contributed by atoms with Crippen LogP contribution in [0.4, 0.5) is 0 Å². The molecule has 2 unspecified atom stereocenters. The van der Waals surface area contributed by atoms with Crippen molar-refractivity contribution in [2.24, 2.45) is 52.3 Å².